The number of hydrogen-bond donors (Lipinski definition) is 2. The minimum Gasteiger partial charge on any atom is -0.380 e. The second kappa shape index (κ2) is 11.1. The van der Waals surface area contributed by atoms with E-state index in [4.69, 9.17) is 4.74 Å². The highest BCUT2D eigenvalue weighted by Crippen LogP contribution is 2.06. The highest BCUT2D eigenvalue weighted by molar-refractivity contribution is 5.79. The lowest BCUT2D eigenvalue weighted by atomic mass is 10.1. The molecule has 0 bridgehead atoms. The first-order valence-electron chi connectivity index (χ1n) is 7.89. The molecule has 2 N–H and O–H groups in total. The van der Waals surface area contributed by atoms with Crippen LogP contribution in [0, 0.1) is 0 Å². The van der Waals surface area contributed by atoms with Crippen LogP contribution < -0.4 is 10.6 Å². The lowest BCUT2D eigenvalue weighted by molar-refractivity contribution is 0.185. The van der Waals surface area contributed by atoms with Crippen molar-refractivity contribution in [2.24, 2.45) is 4.99 Å². The van der Waals surface area contributed by atoms with Gasteiger partial charge in [0.1, 0.15) is 0 Å². The monoisotopic (exact) mass is 291 g/mol. The molecule has 21 heavy (non-hydrogen) atoms. The Bertz CT molecular complexity index is 401. The van der Waals surface area contributed by atoms with E-state index in [0.717, 1.165) is 19.0 Å². The van der Waals surface area contributed by atoms with Crippen molar-refractivity contribution >= 4 is 5.96 Å². The van der Waals surface area contributed by atoms with E-state index < -0.39 is 0 Å². The van der Waals surface area contributed by atoms with Crippen LogP contribution in [0.1, 0.15) is 44.2 Å². The SMILES string of the molecule is CCCCCNC(=NCc1ccc(COC)cc1)NCC. The Hall–Kier alpha value is -1.55. The molecule has 0 unspecified atom stereocenters. The van der Waals surface area contributed by atoms with E-state index in [2.05, 4.69) is 53.7 Å². The van der Waals surface area contributed by atoms with Crippen molar-refractivity contribution in [1.29, 1.82) is 0 Å². The highest BCUT2D eigenvalue weighted by atomic mass is 16.5. The van der Waals surface area contributed by atoms with Crippen LogP contribution in [-0.2, 0) is 17.9 Å². The molecule has 0 aliphatic heterocycles. The molecule has 0 aliphatic rings. The first kappa shape index (κ1) is 17.5. The minimum absolute atomic E-state index is 0.658. The summed E-state index contributed by atoms with van der Waals surface area (Å²) in [6, 6.07) is 8.41. The number of hydrogen-bond acceptors (Lipinski definition) is 2. The van der Waals surface area contributed by atoms with Crippen LogP contribution in [0.4, 0.5) is 0 Å². The molecule has 0 fully saturated rings. The van der Waals surface area contributed by atoms with Gasteiger partial charge in [-0.25, -0.2) is 4.99 Å². The summed E-state index contributed by atoms with van der Waals surface area (Å²) < 4.78 is 5.11. The van der Waals surface area contributed by atoms with Crippen LogP contribution in [0.3, 0.4) is 0 Å². The third kappa shape index (κ3) is 7.71. The third-order valence-corrected chi connectivity index (χ3v) is 3.17. The summed E-state index contributed by atoms with van der Waals surface area (Å²) in [6.45, 7) is 7.51. The van der Waals surface area contributed by atoms with Crippen molar-refractivity contribution in [3.05, 3.63) is 35.4 Å². The maximum Gasteiger partial charge on any atom is 0.191 e. The smallest absolute Gasteiger partial charge is 0.191 e. The fourth-order valence-electron chi connectivity index (χ4n) is 2.00. The quantitative estimate of drug-likeness (QED) is 0.417. The van der Waals surface area contributed by atoms with Crippen molar-refractivity contribution in [2.75, 3.05) is 20.2 Å². The number of nitrogens with zero attached hydrogens (tertiary/aromatic N) is 1. The van der Waals surface area contributed by atoms with E-state index in [0.29, 0.717) is 13.2 Å². The number of guanidine groups is 1. The first-order chi connectivity index (χ1) is 10.3. The number of benzene rings is 1. The number of ether oxygens (including phenoxy) is 1. The first-order valence-corrected chi connectivity index (χ1v) is 7.89. The average Bonchev–Trinajstić information content (AvgIpc) is 2.51. The van der Waals surface area contributed by atoms with Gasteiger partial charge < -0.3 is 15.4 Å². The predicted octanol–water partition coefficient (Wildman–Crippen LogP) is 3.08. The van der Waals surface area contributed by atoms with Gasteiger partial charge in [-0.3, -0.25) is 0 Å². The number of rotatable bonds is 9. The van der Waals surface area contributed by atoms with Gasteiger partial charge in [-0.15, -0.1) is 0 Å². The summed E-state index contributed by atoms with van der Waals surface area (Å²) in [6.07, 6.45) is 3.68. The number of aliphatic imine (C=N–C) groups is 1. The van der Waals surface area contributed by atoms with Crippen molar-refractivity contribution in [2.45, 2.75) is 46.3 Å². The molecule has 0 heterocycles. The Balaban J connectivity index is 2.47. The van der Waals surface area contributed by atoms with Gasteiger partial charge in [-0.1, -0.05) is 44.0 Å². The van der Waals surface area contributed by atoms with E-state index in [-0.39, 0.29) is 0 Å². The second-order valence-corrected chi connectivity index (χ2v) is 5.08. The molecule has 0 aliphatic carbocycles. The van der Waals surface area contributed by atoms with E-state index in [9.17, 15) is 0 Å². The molecule has 1 aromatic carbocycles. The van der Waals surface area contributed by atoms with Crippen molar-refractivity contribution in [3.8, 4) is 0 Å². The molecular formula is C17H29N3O. The van der Waals surface area contributed by atoms with Gasteiger partial charge in [0.25, 0.3) is 0 Å². The zero-order valence-corrected chi connectivity index (χ0v) is 13.6. The van der Waals surface area contributed by atoms with Gasteiger partial charge in [0.15, 0.2) is 5.96 Å². The largest absolute Gasteiger partial charge is 0.380 e. The zero-order valence-electron chi connectivity index (χ0n) is 13.6. The lowest BCUT2D eigenvalue weighted by Gasteiger charge is -2.11. The Labute approximate surface area is 129 Å². The molecule has 0 spiro atoms. The third-order valence-electron chi connectivity index (χ3n) is 3.17. The Morgan fingerprint density at radius 1 is 1.05 bits per heavy atom. The van der Waals surface area contributed by atoms with Gasteiger partial charge in [-0.05, 0) is 24.5 Å². The molecule has 0 amide bonds. The van der Waals surface area contributed by atoms with Crippen LogP contribution in [0.2, 0.25) is 0 Å². The summed E-state index contributed by atoms with van der Waals surface area (Å²) in [4.78, 5) is 4.62. The molecule has 1 rings (SSSR count). The number of unbranched alkanes of at least 4 members (excludes halogenated alkanes) is 2. The molecule has 0 saturated heterocycles. The molecule has 0 radical (unpaired) electrons. The molecule has 0 saturated carbocycles. The standard InChI is InChI=1S/C17H29N3O/c1-4-6-7-12-19-17(18-5-2)20-13-15-8-10-16(11-9-15)14-21-3/h8-11H,4-7,12-14H2,1-3H3,(H2,18,19,20). The molecule has 1 aromatic rings. The Morgan fingerprint density at radius 3 is 2.38 bits per heavy atom. The van der Waals surface area contributed by atoms with Crippen LogP contribution in [0.25, 0.3) is 0 Å². The van der Waals surface area contributed by atoms with Gasteiger partial charge >= 0.3 is 0 Å². The van der Waals surface area contributed by atoms with Crippen LogP contribution in [0.15, 0.2) is 29.3 Å². The fraction of sp³-hybridized carbons (Fsp3) is 0.588. The van der Waals surface area contributed by atoms with Crippen molar-refractivity contribution in [1.82, 2.24) is 10.6 Å². The van der Waals surface area contributed by atoms with Crippen LogP contribution >= 0.6 is 0 Å². The van der Waals surface area contributed by atoms with E-state index in [1.165, 1.54) is 30.4 Å². The van der Waals surface area contributed by atoms with Gasteiger partial charge in [0.2, 0.25) is 0 Å². The average molecular weight is 291 g/mol. The van der Waals surface area contributed by atoms with Crippen molar-refractivity contribution < 1.29 is 4.74 Å². The predicted molar refractivity (Wildman–Crippen MR) is 89.5 cm³/mol. The molecule has 0 atom stereocenters. The molecule has 4 heteroatoms. The van der Waals surface area contributed by atoms with E-state index in [1.807, 2.05) is 0 Å². The molecular weight excluding hydrogens is 262 g/mol. The summed E-state index contributed by atoms with van der Waals surface area (Å²) in [5.74, 6) is 0.898. The Morgan fingerprint density at radius 2 is 1.76 bits per heavy atom. The Kier molecular flexibility index (Phi) is 9.29. The number of methoxy groups -OCH3 is 1. The van der Waals surface area contributed by atoms with Gasteiger partial charge in [0, 0.05) is 20.2 Å². The highest BCUT2D eigenvalue weighted by Gasteiger charge is 1.98. The summed E-state index contributed by atoms with van der Waals surface area (Å²) in [7, 11) is 1.71. The molecule has 0 aromatic heterocycles. The molecule has 4 nitrogen and oxygen atoms in total. The normalized spacial score (nSPS) is 11.5. The van der Waals surface area contributed by atoms with Crippen LogP contribution in [-0.4, -0.2) is 26.2 Å². The zero-order chi connectivity index (χ0) is 15.3. The lowest BCUT2D eigenvalue weighted by Crippen LogP contribution is -2.37. The maximum atomic E-state index is 5.11. The molecule has 118 valence electrons. The number of nitrogens with one attached hydrogen (secondary N) is 2. The fourth-order valence-corrected chi connectivity index (χ4v) is 2.00. The van der Waals surface area contributed by atoms with Gasteiger partial charge in [-0.2, -0.15) is 0 Å². The van der Waals surface area contributed by atoms with E-state index in [1.54, 1.807) is 7.11 Å². The minimum atomic E-state index is 0.658. The van der Waals surface area contributed by atoms with E-state index >= 15 is 0 Å². The maximum absolute atomic E-state index is 5.11. The summed E-state index contributed by atoms with van der Waals surface area (Å²) in [5, 5.41) is 6.66. The second-order valence-electron chi connectivity index (χ2n) is 5.08. The summed E-state index contributed by atoms with van der Waals surface area (Å²) >= 11 is 0. The summed E-state index contributed by atoms with van der Waals surface area (Å²) in [5.41, 5.74) is 2.40. The van der Waals surface area contributed by atoms with Crippen molar-refractivity contribution in [3.63, 3.8) is 0 Å². The van der Waals surface area contributed by atoms with Crippen LogP contribution in [0.5, 0.6) is 0 Å². The topological polar surface area (TPSA) is 45.7 Å². The van der Waals surface area contributed by atoms with Gasteiger partial charge in [0.05, 0.1) is 13.2 Å².